The molecule has 1 aromatic carbocycles. The summed E-state index contributed by atoms with van der Waals surface area (Å²) in [5, 5.41) is 7.25. The molecule has 0 bridgehead atoms. The Bertz CT molecular complexity index is 471. The van der Waals surface area contributed by atoms with E-state index >= 15 is 0 Å². The van der Waals surface area contributed by atoms with Gasteiger partial charge >= 0.3 is 0 Å². The first-order valence-electron chi connectivity index (χ1n) is 6.44. The Hall–Kier alpha value is -0.770. The number of nitrogens with one attached hydrogen (secondary N) is 2. The van der Waals surface area contributed by atoms with E-state index in [4.69, 9.17) is 23.2 Å². The minimum Gasteiger partial charge on any atom is -0.351 e. The standard InChI is InChI=1S/C14H18Cl2N2O/c1-14(5-2-6-17-8-14)9-18-13(19)11-7-10(15)3-4-12(11)16/h3-4,7,17H,2,5-6,8-9H2,1H3,(H,18,19). The summed E-state index contributed by atoms with van der Waals surface area (Å²) in [5.74, 6) is -0.167. The van der Waals surface area contributed by atoms with Crippen molar-refractivity contribution in [2.75, 3.05) is 19.6 Å². The maximum absolute atomic E-state index is 12.1. The van der Waals surface area contributed by atoms with E-state index in [2.05, 4.69) is 17.6 Å². The van der Waals surface area contributed by atoms with Crippen molar-refractivity contribution in [3.63, 3.8) is 0 Å². The van der Waals surface area contributed by atoms with Crippen LogP contribution < -0.4 is 10.6 Å². The number of benzene rings is 1. The molecule has 1 aromatic rings. The Morgan fingerprint density at radius 3 is 2.95 bits per heavy atom. The zero-order valence-corrected chi connectivity index (χ0v) is 12.4. The van der Waals surface area contributed by atoms with Crippen LogP contribution in [-0.4, -0.2) is 25.5 Å². The lowest BCUT2D eigenvalue weighted by Gasteiger charge is -2.34. The molecule has 1 amide bonds. The number of hydrogen-bond donors (Lipinski definition) is 2. The van der Waals surface area contributed by atoms with Crippen LogP contribution in [-0.2, 0) is 0 Å². The molecule has 0 spiro atoms. The van der Waals surface area contributed by atoms with Crippen molar-refractivity contribution in [3.05, 3.63) is 33.8 Å². The SMILES string of the molecule is CC1(CNC(=O)c2cc(Cl)ccc2Cl)CCCNC1. The van der Waals surface area contributed by atoms with Gasteiger partial charge in [-0.2, -0.15) is 0 Å². The van der Waals surface area contributed by atoms with Crippen LogP contribution in [0.3, 0.4) is 0 Å². The van der Waals surface area contributed by atoms with Gasteiger partial charge in [0.1, 0.15) is 0 Å². The lowest BCUT2D eigenvalue weighted by atomic mass is 9.83. The zero-order valence-electron chi connectivity index (χ0n) is 10.9. The number of piperidine rings is 1. The highest BCUT2D eigenvalue weighted by Crippen LogP contribution is 2.25. The molecule has 1 heterocycles. The van der Waals surface area contributed by atoms with Crippen molar-refractivity contribution in [3.8, 4) is 0 Å². The fourth-order valence-electron chi connectivity index (χ4n) is 2.33. The minimum atomic E-state index is -0.167. The van der Waals surface area contributed by atoms with Crippen LogP contribution in [0.15, 0.2) is 18.2 Å². The van der Waals surface area contributed by atoms with Gasteiger partial charge in [0.05, 0.1) is 10.6 Å². The molecule has 1 aliphatic heterocycles. The Balaban J connectivity index is 1.99. The molecule has 1 atom stereocenters. The van der Waals surface area contributed by atoms with Crippen LogP contribution in [0.1, 0.15) is 30.1 Å². The predicted octanol–water partition coefficient (Wildman–Crippen LogP) is 3.11. The van der Waals surface area contributed by atoms with Crippen molar-refractivity contribution in [2.45, 2.75) is 19.8 Å². The summed E-state index contributed by atoms with van der Waals surface area (Å²) in [6, 6.07) is 4.91. The van der Waals surface area contributed by atoms with Gasteiger partial charge in [0, 0.05) is 18.1 Å². The smallest absolute Gasteiger partial charge is 0.252 e. The average Bonchev–Trinajstić information content (AvgIpc) is 2.40. The fourth-order valence-corrected chi connectivity index (χ4v) is 2.71. The summed E-state index contributed by atoms with van der Waals surface area (Å²) in [4.78, 5) is 12.1. The summed E-state index contributed by atoms with van der Waals surface area (Å²) >= 11 is 11.9. The largest absolute Gasteiger partial charge is 0.351 e. The second kappa shape index (κ2) is 6.12. The summed E-state index contributed by atoms with van der Waals surface area (Å²) in [5.41, 5.74) is 0.542. The Morgan fingerprint density at radius 2 is 2.26 bits per heavy atom. The van der Waals surface area contributed by atoms with Crippen LogP contribution in [0.5, 0.6) is 0 Å². The van der Waals surface area contributed by atoms with E-state index < -0.39 is 0 Å². The number of rotatable bonds is 3. The average molecular weight is 301 g/mol. The van der Waals surface area contributed by atoms with Gasteiger partial charge in [-0.3, -0.25) is 4.79 Å². The van der Waals surface area contributed by atoms with E-state index in [1.165, 1.54) is 0 Å². The molecule has 1 saturated heterocycles. The molecule has 2 N–H and O–H groups in total. The third-order valence-electron chi connectivity index (χ3n) is 3.53. The molecule has 5 heteroatoms. The number of amides is 1. The van der Waals surface area contributed by atoms with Crippen LogP contribution in [0.4, 0.5) is 0 Å². The van der Waals surface area contributed by atoms with Gasteiger partial charge in [-0.15, -0.1) is 0 Å². The lowest BCUT2D eigenvalue weighted by Crippen LogP contribution is -2.45. The molecule has 3 nitrogen and oxygen atoms in total. The fraction of sp³-hybridized carbons (Fsp3) is 0.500. The molecule has 0 aromatic heterocycles. The Kier molecular flexibility index (Phi) is 4.71. The van der Waals surface area contributed by atoms with Crippen LogP contribution in [0.25, 0.3) is 0 Å². The monoisotopic (exact) mass is 300 g/mol. The highest BCUT2D eigenvalue weighted by atomic mass is 35.5. The van der Waals surface area contributed by atoms with Gasteiger partial charge in [0.15, 0.2) is 0 Å². The predicted molar refractivity (Wildman–Crippen MR) is 79.0 cm³/mol. The van der Waals surface area contributed by atoms with Crippen LogP contribution in [0.2, 0.25) is 10.0 Å². The molecule has 0 radical (unpaired) electrons. The normalized spacial score (nSPS) is 23.1. The lowest BCUT2D eigenvalue weighted by molar-refractivity contribution is 0.0925. The molecule has 104 valence electrons. The summed E-state index contributed by atoms with van der Waals surface area (Å²) < 4.78 is 0. The number of hydrogen-bond acceptors (Lipinski definition) is 2. The first kappa shape index (κ1) is 14.6. The van der Waals surface area contributed by atoms with Gasteiger partial charge < -0.3 is 10.6 Å². The quantitative estimate of drug-likeness (QED) is 0.900. The second-order valence-corrected chi connectivity index (χ2v) is 6.24. The van der Waals surface area contributed by atoms with Crippen molar-refractivity contribution >= 4 is 29.1 Å². The number of carbonyl (C=O) groups is 1. The van der Waals surface area contributed by atoms with E-state index in [9.17, 15) is 4.79 Å². The highest BCUT2D eigenvalue weighted by molar-refractivity contribution is 6.35. The molecule has 1 fully saturated rings. The summed E-state index contributed by atoms with van der Waals surface area (Å²) in [6.45, 7) is 4.81. The molecular formula is C14H18Cl2N2O. The maximum atomic E-state index is 12.1. The van der Waals surface area contributed by atoms with Gasteiger partial charge in [-0.1, -0.05) is 30.1 Å². The summed E-state index contributed by atoms with van der Waals surface area (Å²) in [6.07, 6.45) is 2.26. The Labute approximate surface area is 123 Å². The van der Waals surface area contributed by atoms with Crippen LogP contribution >= 0.6 is 23.2 Å². The number of halogens is 2. The molecule has 1 aliphatic rings. The maximum Gasteiger partial charge on any atom is 0.252 e. The molecule has 19 heavy (non-hydrogen) atoms. The molecule has 2 rings (SSSR count). The van der Waals surface area contributed by atoms with Crippen molar-refractivity contribution < 1.29 is 4.79 Å². The Morgan fingerprint density at radius 1 is 1.47 bits per heavy atom. The highest BCUT2D eigenvalue weighted by Gasteiger charge is 2.27. The summed E-state index contributed by atoms with van der Waals surface area (Å²) in [7, 11) is 0. The first-order chi connectivity index (χ1) is 9.00. The first-order valence-corrected chi connectivity index (χ1v) is 7.20. The van der Waals surface area contributed by atoms with E-state index in [0.29, 0.717) is 22.2 Å². The van der Waals surface area contributed by atoms with E-state index in [1.54, 1.807) is 18.2 Å². The van der Waals surface area contributed by atoms with E-state index in [-0.39, 0.29) is 11.3 Å². The zero-order chi connectivity index (χ0) is 13.9. The van der Waals surface area contributed by atoms with E-state index in [1.807, 2.05) is 0 Å². The second-order valence-electron chi connectivity index (χ2n) is 5.40. The van der Waals surface area contributed by atoms with Gasteiger partial charge in [-0.25, -0.2) is 0 Å². The van der Waals surface area contributed by atoms with E-state index in [0.717, 1.165) is 25.9 Å². The van der Waals surface area contributed by atoms with Gasteiger partial charge in [0.2, 0.25) is 0 Å². The van der Waals surface area contributed by atoms with Gasteiger partial charge in [-0.05, 0) is 43.0 Å². The topological polar surface area (TPSA) is 41.1 Å². The third kappa shape index (κ3) is 3.85. The molecule has 0 aliphatic carbocycles. The van der Waals surface area contributed by atoms with Crippen molar-refractivity contribution in [2.24, 2.45) is 5.41 Å². The minimum absolute atomic E-state index is 0.110. The molecule has 0 saturated carbocycles. The van der Waals surface area contributed by atoms with Crippen molar-refractivity contribution in [1.82, 2.24) is 10.6 Å². The molecular weight excluding hydrogens is 283 g/mol. The molecule has 1 unspecified atom stereocenters. The van der Waals surface area contributed by atoms with Crippen LogP contribution in [0, 0.1) is 5.41 Å². The van der Waals surface area contributed by atoms with Crippen molar-refractivity contribution in [1.29, 1.82) is 0 Å². The third-order valence-corrected chi connectivity index (χ3v) is 4.10. The number of carbonyl (C=O) groups excluding carboxylic acids is 1. The van der Waals surface area contributed by atoms with Gasteiger partial charge in [0.25, 0.3) is 5.91 Å².